The van der Waals surface area contributed by atoms with Crippen LogP contribution in [0.4, 0.5) is 0 Å². The fourth-order valence-corrected chi connectivity index (χ4v) is 2.92. The standard InChI is InChI=1S/C11H18BrN3O3/c1-3-18-11(4-6-17-7-5-11)9(16)8-10(12)13-14-15(8)2/h9,16H,3-7H2,1-2H3. The van der Waals surface area contributed by atoms with E-state index in [0.717, 1.165) is 0 Å². The maximum Gasteiger partial charge on any atom is 0.154 e. The predicted molar refractivity (Wildman–Crippen MR) is 68.1 cm³/mol. The molecule has 1 atom stereocenters. The first-order valence-corrected chi connectivity index (χ1v) is 6.85. The smallest absolute Gasteiger partial charge is 0.154 e. The molecule has 18 heavy (non-hydrogen) atoms. The minimum absolute atomic E-state index is 0.556. The van der Waals surface area contributed by atoms with Crippen LogP contribution in [0.25, 0.3) is 0 Å². The molecule has 0 amide bonds. The number of nitrogens with zero attached hydrogens (tertiary/aromatic N) is 3. The van der Waals surface area contributed by atoms with Gasteiger partial charge in [-0.2, -0.15) is 0 Å². The van der Waals surface area contributed by atoms with Crippen LogP contribution in [0.2, 0.25) is 0 Å². The minimum Gasteiger partial charge on any atom is -0.384 e. The first-order chi connectivity index (χ1) is 8.60. The molecule has 1 unspecified atom stereocenters. The van der Waals surface area contributed by atoms with Crippen LogP contribution in [0, 0.1) is 0 Å². The molecule has 6 nitrogen and oxygen atoms in total. The van der Waals surface area contributed by atoms with Crippen molar-refractivity contribution in [2.24, 2.45) is 7.05 Å². The molecule has 2 heterocycles. The quantitative estimate of drug-likeness (QED) is 0.903. The van der Waals surface area contributed by atoms with Gasteiger partial charge in [-0.1, -0.05) is 5.21 Å². The molecule has 0 aromatic carbocycles. The molecule has 1 aliphatic heterocycles. The summed E-state index contributed by atoms with van der Waals surface area (Å²) in [5.41, 5.74) is 0.0377. The molecular formula is C11H18BrN3O3. The van der Waals surface area contributed by atoms with E-state index in [1.54, 1.807) is 11.7 Å². The van der Waals surface area contributed by atoms with Gasteiger partial charge in [-0.3, -0.25) is 0 Å². The maximum atomic E-state index is 10.7. The molecule has 1 N–H and O–H groups in total. The second-order valence-electron chi connectivity index (χ2n) is 4.40. The van der Waals surface area contributed by atoms with Gasteiger partial charge in [0.25, 0.3) is 0 Å². The fourth-order valence-electron chi connectivity index (χ4n) is 2.38. The number of ether oxygens (including phenoxy) is 2. The van der Waals surface area contributed by atoms with Crippen LogP contribution < -0.4 is 0 Å². The Kier molecular flexibility index (Phi) is 4.37. The minimum atomic E-state index is -0.768. The van der Waals surface area contributed by atoms with Crippen LogP contribution in [-0.4, -0.2) is 45.5 Å². The second kappa shape index (κ2) is 5.64. The molecule has 1 aliphatic rings. The Hall–Kier alpha value is -0.500. The molecule has 0 radical (unpaired) electrons. The van der Waals surface area contributed by atoms with Crippen molar-refractivity contribution in [3.05, 3.63) is 10.3 Å². The molecule has 7 heteroatoms. The molecule has 1 fully saturated rings. The van der Waals surface area contributed by atoms with Crippen LogP contribution in [0.1, 0.15) is 31.6 Å². The van der Waals surface area contributed by atoms with Gasteiger partial charge in [0.2, 0.25) is 0 Å². The first kappa shape index (κ1) is 13.9. The highest BCUT2D eigenvalue weighted by molar-refractivity contribution is 9.10. The highest BCUT2D eigenvalue weighted by Gasteiger charge is 2.43. The molecular weight excluding hydrogens is 302 g/mol. The second-order valence-corrected chi connectivity index (χ2v) is 5.15. The van der Waals surface area contributed by atoms with E-state index in [1.807, 2.05) is 6.92 Å². The van der Waals surface area contributed by atoms with Gasteiger partial charge in [-0.15, -0.1) is 5.10 Å². The average Bonchev–Trinajstić information content (AvgIpc) is 2.70. The zero-order chi connectivity index (χ0) is 13.2. The zero-order valence-electron chi connectivity index (χ0n) is 10.6. The van der Waals surface area contributed by atoms with Crippen molar-refractivity contribution in [3.8, 4) is 0 Å². The average molecular weight is 320 g/mol. The van der Waals surface area contributed by atoms with E-state index in [1.165, 1.54) is 0 Å². The van der Waals surface area contributed by atoms with Crippen LogP contribution in [0.3, 0.4) is 0 Å². The summed E-state index contributed by atoms with van der Waals surface area (Å²) >= 11 is 3.32. The Morgan fingerprint density at radius 1 is 1.56 bits per heavy atom. The summed E-state index contributed by atoms with van der Waals surface area (Å²) in [4.78, 5) is 0. The predicted octanol–water partition coefficient (Wildman–Crippen LogP) is 1.20. The van der Waals surface area contributed by atoms with Crippen molar-refractivity contribution in [2.45, 2.75) is 31.5 Å². The molecule has 1 aromatic rings. The van der Waals surface area contributed by atoms with Crippen molar-refractivity contribution in [1.82, 2.24) is 15.0 Å². The summed E-state index contributed by atoms with van der Waals surface area (Å²) in [6.07, 6.45) is 0.565. The molecule has 0 saturated carbocycles. The molecule has 0 aliphatic carbocycles. The summed E-state index contributed by atoms with van der Waals surface area (Å²) in [6, 6.07) is 0. The van der Waals surface area contributed by atoms with Gasteiger partial charge in [0.1, 0.15) is 17.4 Å². The molecule has 0 spiro atoms. The molecule has 102 valence electrons. The lowest BCUT2D eigenvalue weighted by Crippen LogP contribution is -2.45. The third-order valence-corrected chi connectivity index (χ3v) is 3.92. The summed E-state index contributed by atoms with van der Waals surface area (Å²) in [6.45, 7) is 3.68. The van der Waals surface area contributed by atoms with Crippen LogP contribution in [0.15, 0.2) is 4.60 Å². The normalized spacial score (nSPS) is 20.9. The highest BCUT2D eigenvalue weighted by Crippen LogP contribution is 2.39. The highest BCUT2D eigenvalue weighted by atomic mass is 79.9. The van der Waals surface area contributed by atoms with E-state index in [0.29, 0.717) is 43.0 Å². The molecule has 1 aromatic heterocycles. The monoisotopic (exact) mass is 319 g/mol. The number of aliphatic hydroxyl groups is 1. The number of hydrogen-bond acceptors (Lipinski definition) is 5. The maximum absolute atomic E-state index is 10.7. The van der Waals surface area contributed by atoms with E-state index in [-0.39, 0.29) is 0 Å². The Morgan fingerprint density at radius 2 is 2.22 bits per heavy atom. The number of rotatable bonds is 4. The number of aryl methyl sites for hydroxylation is 1. The summed E-state index contributed by atoms with van der Waals surface area (Å²) < 4.78 is 13.3. The van der Waals surface area contributed by atoms with Crippen LogP contribution >= 0.6 is 15.9 Å². The largest absolute Gasteiger partial charge is 0.384 e. The van der Waals surface area contributed by atoms with E-state index < -0.39 is 11.7 Å². The number of halogens is 1. The topological polar surface area (TPSA) is 69.4 Å². The Bertz CT molecular complexity index is 379. The van der Waals surface area contributed by atoms with Gasteiger partial charge >= 0.3 is 0 Å². The van der Waals surface area contributed by atoms with Crippen molar-refractivity contribution < 1.29 is 14.6 Å². The van der Waals surface area contributed by atoms with Gasteiger partial charge < -0.3 is 14.6 Å². The van der Waals surface area contributed by atoms with Crippen LogP contribution in [-0.2, 0) is 16.5 Å². The van der Waals surface area contributed by atoms with E-state index in [2.05, 4.69) is 26.2 Å². The lowest BCUT2D eigenvalue weighted by molar-refractivity contribution is -0.169. The van der Waals surface area contributed by atoms with Crippen molar-refractivity contribution >= 4 is 15.9 Å². The molecule has 2 rings (SSSR count). The van der Waals surface area contributed by atoms with Crippen molar-refractivity contribution in [2.75, 3.05) is 19.8 Å². The number of hydrogen-bond donors (Lipinski definition) is 1. The lowest BCUT2D eigenvalue weighted by atomic mass is 9.86. The van der Waals surface area contributed by atoms with E-state index in [9.17, 15) is 5.11 Å². The summed E-state index contributed by atoms with van der Waals surface area (Å²) in [5.74, 6) is 0. The zero-order valence-corrected chi connectivity index (χ0v) is 12.2. The lowest BCUT2D eigenvalue weighted by Gasteiger charge is -2.40. The van der Waals surface area contributed by atoms with Gasteiger partial charge in [0.15, 0.2) is 4.60 Å². The van der Waals surface area contributed by atoms with Gasteiger partial charge in [-0.25, -0.2) is 4.68 Å². The number of aliphatic hydroxyl groups excluding tert-OH is 1. The molecule has 1 saturated heterocycles. The SMILES string of the molecule is CCOC1(C(O)c2c(Br)nnn2C)CCOCC1. The third-order valence-electron chi connectivity index (χ3n) is 3.35. The van der Waals surface area contributed by atoms with Crippen molar-refractivity contribution in [3.63, 3.8) is 0 Å². The summed E-state index contributed by atoms with van der Waals surface area (Å²) in [7, 11) is 1.76. The van der Waals surface area contributed by atoms with Crippen LogP contribution in [0.5, 0.6) is 0 Å². The Morgan fingerprint density at radius 3 is 2.72 bits per heavy atom. The Labute approximate surface area is 114 Å². The number of aromatic nitrogens is 3. The first-order valence-electron chi connectivity index (χ1n) is 6.05. The molecule has 0 bridgehead atoms. The fraction of sp³-hybridized carbons (Fsp3) is 0.818. The van der Waals surface area contributed by atoms with Gasteiger partial charge in [0, 0.05) is 39.7 Å². The van der Waals surface area contributed by atoms with E-state index >= 15 is 0 Å². The van der Waals surface area contributed by atoms with Gasteiger partial charge in [0.05, 0.1) is 0 Å². The Balaban J connectivity index is 2.30. The third kappa shape index (κ3) is 2.45. The van der Waals surface area contributed by atoms with E-state index in [4.69, 9.17) is 9.47 Å². The van der Waals surface area contributed by atoms with Gasteiger partial charge in [-0.05, 0) is 22.9 Å². The summed E-state index contributed by atoms with van der Waals surface area (Å²) in [5, 5.41) is 18.5. The van der Waals surface area contributed by atoms with Crippen molar-refractivity contribution in [1.29, 1.82) is 0 Å².